The van der Waals surface area contributed by atoms with Crippen LogP contribution < -0.4 is 0 Å². The number of piperidine rings is 1. The molecule has 0 aromatic heterocycles. The lowest BCUT2D eigenvalue weighted by Gasteiger charge is -2.42. The van der Waals surface area contributed by atoms with Crippen molar-refractivity contribution in [1.82, 2.24) is 4.90 Å². The van der Waals surface area contributed by atoms with Crippen LogP contribution in [0.1, 0.15) is 40.5 Å². The highest BCUT2D eigenvalue weighted by Gasteiger charge is 2.30. The quantitative estimate of drug-likeness (QED) is 0.647. The second-order valence-corrected chi connectivity index (χ2v) is 5.16. The second kappa shape index (κ2) is 4.92. The van der Waals surface area contributed by atoms with Crippen LogP contribution in [0.2, 0.25) is 0 Å². The highest BCUT2D eigenvalue weighted by molar-refractivity contribution is 5.53. The highest BCUT2D eigenvalue weighted by Crippen LogP contribution is 2.26. The minimum atomic E-state index is 0.295. The molecule has 2 nitrogen and oxygen atoms in total. The van der Waals surface area contributed by atoms with E-state index in [1.807, 2.05) is 0 Å². The van der Waals surface area contributed by atoms with Crippen LogP contribution in [-0.2, 0) is 4.79 Å². The van der Waals surface area contributed by atoms with Crippen LogP contribution in [0.4, 0.5) is 0 Å². The van der Waals surface area contributed by atoms with E-state index in [9.17, 15) is 4.79 Å². The van der Waals surface area contributed by atoms with Crippen LogP contribution in [0.15, 0.2) is 0 Å². The van der Waals surface area contributed by atoms with Gasteiger partial charge >= 0.3 is 0 Å². The first-order valence-electron chi connectivity index (χ1n) is 5.75. The normalized spacial score (nSPS) is 34.8. The van der Waals surface area contributed by atoms with Gasteiger partial charge in [0.2, 0.25) is 0 Å². The van der Waals surface area contributed by atoms with Gasteiger partial charge in [0, 0.05) is 24.5 Å². The maximum atomic E-state index is 10.8. The Morgan fingerprint density at radius 1 is 1.29 bits per heavy atom. The van der Waals surface area contributed by atoms with E-state index in [-0.39, 0.29) is 0 Å². The van der Waals surface area contributed by atoms with E-state index in [1.165, 1.54) is 0 Å². The van der Waals surface area contributed by atoms with E-state index >= 15 is 0 Å². The van der Waals surface area contributed by atoms with Gasteiger partial charge in [-0.25, -0.2) is 0 Å². The Hall–Kier alpha value is -0.370. The van der Waals surface area contributed by atoms with Crippen LogP contribution in [-0.4, -0.2) is 29.8 Å². The molecule has 0 spiro atoms. The summed E-state index contributed by atoms with van der Waals surface area (Å²) in [6.45, 7) is 10.2. The number of rotatable bonds is 3. The lowest BCUT2D eigenvalue weighted by molar-refractivity contribution is -0.113. The molecule has 1 heterocycles. The third kappa shape index (κ3) is 2.81. The average Bonchev–Trinajstić information content (AvgIpc) is 2.10. The van der Waals surface area contributed by atoms with E-state index in [0.717, 1.165) is 25.7 Å². The first-order valence-corrected chi connectivity index (χ1v) is 5.75. The Morgan fingerprint density at radius 3 is 2.14 bits per heavy atom. The molecular formula is C12H23NO. The molecule has 2 unspecified atom stereocenters. The molecule has 14 heavy (non-hydrogen) atoms. The summed E-state index contributed by atoms with van der Waals surface area (Å²) in [6, 6.07) is 1.13. The van der Waals surface area contributed by atoms with E-state index in [4.69, 9.17) is 0 Å². The Kier molecular flexibility index (Phi) is 4.11. The van der Waals surface area contributed by atoms with E-state index in [1.54, 1.807) is 0 Å². The van der Waals surface area contributed by atoms with Crippen molar-refractivity contribution in [1.29, 1.82) is 0 Å². The minimum absolute atomic E-state index is 0.295. The van der Waals surface area contributed by atoms with Crippen molar-refractivity contribution in [3.63, 3.8) is 0 Å². The first-order chi connectivity index (χ1) is 6.54. The molecule has 1 aliphatic rings. The molecule has 82 valence electrons. The van der Waals surface area contributed by atoms with E-state index in [2.05, 4.69) is 32.6 Å². The molecule has 1 aliphatic heterocycles. The van der Waals surface area contributed by atoms with Gasteiger partial charge in [-0.15, -0.1) is 0 Å². The van der Waals surface area contributed by atoms with Crippen molar-refractivity contribution >= 4 is 6.29 Å². The maximum Gasteiger partial charge on any atom is 0.123 e. The molecule has 0 N–H and O–H groups in total. The average molecular weight is 197 g/mol. The van der Waals surface area contributed by atoms with Crippen molar-refractivity contribution in [3.05, 3.63) is 0 Å². The third-order valence-electron chi connectivity index (χ3n) is 3.19. The summed E-state index contributed by atoms with van der Waals surface area (Å²) < 4.78 is 0. The Bertz CT molecular complexity index is 179. The molecule has 1 fully saturated rings. The summed E-state index contributed by atoms with van der Waals surface area (Å²) in [6.07, 6.45) is 3.22. The lowest BCUT2D eigenvalue weighted by atomic mass is 9.87. The van der Waals surface area contributed by atoms with Gasteiger partial charge in [0.25, 0.3) is 0 Å². The maximum absolute atomic E-state index is 10.8. The molecular weight excluding hydrogens is 174 g/mol. The van der Waals surface area contributed by atoms with Gasteiger partial charge in [0.05, 0.1) is 0 Å². The second-order valence-electron chi connectivity index (χ2n) is 5.16. The molecule has 0 aromatic carbocycles. The Morgan fingerprint density at radius 2 is 1.79 bits per heavy atom. The number of nitrogens with zero attached hydrogens (tertiary/aromatic N) is 1. The molecule has 2 heteroatoms. The van der Waals surface area contributed by atoms with Crippen LogP contribution >= 0.6 is 0 Å². The monoisotopic (exact) mass is 197 g/mol. The SMILES string of the molecule is CC(C)CN1C(C)CC(C=O)CC1C. The zero-order valence-corrected chi connectivity index (χ0v) is 9.86. The van der Waals surface area contributed by atoms with Gasteiger partial charge < -0.3 is 4.79 Å². The minimum Gasteiger partial charge on any atom is -0.303 e. The predicted octanol–water partition coefficient (Wildman–Crippen LogP) is 2.33. The van der Waals surface area contributed by atoms with E-state index in [0.29, 0.717) is 23.9 Å². The fraction of sp³-hybridized carbons (Fsp3) is 0.917. The number of carbonyl (C=O) groups excluding carboxylic acids is 1. The summed E-state index contributed by atoms with van der Waals surface area (Å²) in [5.74, 6) is 1.01. The zero-order valence-electron chi connectivity index (χ0n) is 9.86. The zero-order chi connectivity index (χ0) is 10.7. The van der Waals surface area contributed by atoms with Crippen molar-refractivity contribution in [2.24, 2.45) is 11.8 Å². The molecule has 0 saturated carbocycles. The number of carbonyl (C=O) groups is 1. The molecule has 0 aliphatic carbocycles. The van der Waals surface area contributed by atoms with Gasteiger partial charge in [-0.3, -0.25) is 4.90 Å². The number of hydrogen-bond acceptors (Lipinski definition) is 2. The van der Waals surface area contributed by atoms with Gasteiger partial charge in [-0.1, -0.05) is 13.8 Å². The van der Waals surface area contributed by atoms with Gasteiger partial charge in [0.15, 0.2) is 0 Å². The van der Waals surface area contributed by atoms with Gasteiger partial charge in [0.1, 0.15) is 6.29 Å². The highest BCUT2D eigenvalue weighted by atomic mass is 16.1. The van der Waals surface area contributed by atoms with Crippen LogP contribution in [0, 0.1) is 11.8 Å². The number of hydrogen-bond donors (Lipinski definition) is 0. The van der Waals surface area contributed by atoms with Gasteiger partial charge in [-0.05, 0) is 32.6 Å². The van der Waals surface area contributed by atoms with Crippen molar-refractivity contribution in [3.8, 4) is 0 Å². The van der Waals surface area contributed by atoms with E-state index < -0.39 is 0 Å². The molecule has 0 amide bonds. The largest absolute Gasteiger partial charge is 0.303 e. The summed E-state index contributed by atoms with van der Waals surface area (Å²) >= 11 is 0. The fourth-order valence-corrected chi connectivity index (χ4v) is 2.57. The first kappa shape index (κ1) is 11.7. The molecule has 0 aromatic rings. The van der Waals surface area contributed by atoms with Crippen LogP contribution in [0.25, 0.3) is 0 Å². The summed E-state index contributed by atoms with van der Waals surface area (Å²) in [5, 5.41) is 0. The summed E-state index contributed by atoms with van der Waals surface area (Å²) in [5.41, 5.74) is 0. The van der Waals surface area contributed by atoms with Gasteiger partial charge in [-0.2, -0.15) is 0 Å². The summed E-state index contributed by atoms with van der Waals surface area (Å²) in [4.78, 5) is 13.3. The van der Waals surface area contributed by atoms with Crippen molar-refractivity contribution in [2.45, 2.75) is 52.6 Å². The topological polar surface area (TPSA) is 20.3 Å². The summed E-state index contributed by atoms with van der Waals surface area (Å²) in [7, 11) is 0. The lowest BCUT2D eigenvalue weighted by Crippen LogP contribution is -2.48. The smallest absolute Gasteiger partial charge is 0.123 e. The van der Waals surface area contributed by atoms with Crippen molar-refractivity contribution in [2.75, 3.05) is 6.54 Å². The van der Waals surface area contributed by atoms with Crippen LogP contribution in [0.3, 0.4) is 0 Å². The van der Waals surface area contributed by atoms with Crippen molar-refractivity contribution < 1.29 is 4.79 Å². The Labute approximate surface area is 87.7 Å². The standard InChI is InChI=1S/C12H23NO/c1-9(2)7-13-10(3)5-12(8-14)6-11(13)4/h8-12H,5-7H2,1-4H3. The molecule has 1 rings (SSSR count). The molecule has 0 radical (unpaired) electrons. The Balaban J connectivity index is 2.55. The predicted molar refractivity (Wildman–Crippen MR) is 59.3 cm³/mol. The fourth-order valence-electron chi connectivity index (χ4n) is 2.57. The molecule has 2 atom stereocenters. The number of likely N-dealkylation sites (tertiary alicyclic amines) is 1. The van der Waals surface area contributed by atoms with Crippen LogP contribution in [0.5, 0.6) is 0 Å². The number of aldehydes is 1. The molecule has 1 saturated heterocycles. The third-order valence-corrected chi connectivity index (χ3v) is 3.19. The molecule has 0 bridgehead atoms.